The number of nitrogens with zero attached hydrogens (tertiary/aromatic N) is 2. The molecule has 114 valence electrons. The third-order valence-electron chi connectivity index (χ3n) is 3.97. The number of thiophene rings is 1. The van der Waals surface area contributed by atoms with Gasteiger partial charge in [0, 0.05) is 10.9 Å². The van der Waals surface area contributed by atoms with Crippen LogP contribution in [0.4, 0.5) is 0 Å². The Morgan fingerprint density at radius 3 is 3.00 bits per heavy atom. The van der Waals surface area contributed by atoms with Gasteiger partial charge in [0.05, 0.1) is 16.3 Å². The molecule has 4 nitrogen and oxygen atoms in total. The molecular weight excluding hydrogens is 306 g/mol. The van der Waals surface area contributed by atoms with Gasteiger partial charge in [0.2, 0.25) is 0 Å². The van der Waals surface area contributed by atoms with Gasteiger partial charge in [-0.1, -0.05) is 24.3 Å². The number of nitrogens with one attached hydrogen (secondary N) is 1. The Hall–Kier alpha value is -2.53. The first-order valence-electron chi connectivity index (χ1n) is 7.61. The molecule has 0 radical (unpaired) electrons. The number of rotatable bonds is 2. The highest BCUT2D eigenvalue weighted by molar-refractivity contribution is 7.20. The first-order chi connectivity index (χ1) is 11.3. The van der Waals surface area contributed by atoms with Crippen LogP contribution in [0.25, 0.3) is 10.1 Å². The zero-order valence-corrected chi connectivity index (χ0v) is 13.3. The number of aryl methyl sites for hydroxylation is 1. The lowest BCUT2D eigenvalue weighted by molar-refractivity contribution is 0.0959. The monoisotopic (exact) mass is 321 g/mol. The number of carbonyl (C=O) groups is 1. The number of hydrazone groups is 1. The molecule has 1 aromatic carbocycles. The van der Waals surface area contributed by atoms with Gasteiger partial charge in [-0.3, -0.25) is 9.78 Å². The van der Waals surface area contributed by atoms with Crippen molar-refractivity contribution in [2.24, 2.45) is 5.10 Å². The molecule has 0 saturated carbocycles. The maximum absolute atomic E-state index is 12.3. The molecule has 0 atom stereocenters. The molecule has 4 rings (SSSR count). The van der Waals surface area contributed by atoms with E-state index in [4.69, 9.17) is 0 Å². The van der Waals surface area contributed by atoms with Crippen molar-refractivity contribution in [3.63, 3.8) is 0 Å². The fraction of sp³-hybridized carbons (Fsp3) is 0.167. The molecule has 1 N–H and O–H groups in total. The number of pyridine rings is 1. The first kappa shape index (κ1) is 14.1. The lowest BCUT2D eigenvalue weighted by atomic mass is 9.95. The molecular formula is C18H15N3OS. The molecule has 0 saturated heterocycles. The van der Waals surface area contributed by atoms with Crippen LogP contribution in [0.15, 0.2) is 53.8 Å². The smallest absolute Gasteiger partial charge is 0.266 e. The van der Waals surface area contributed by atoms with Crippen LogP contribution < -0.4 is 5.43 Å². The van der Waals surface area contributed by atoms with Crippen molar-refractivity contribution in [1.82, 2.24) is 10.4 Å². The van der Waals surface area contributed by atoms with Crippen molar-refractivity contribution in [3.8, 4) is 0 Å². The van der Waals surface area contributed by atoms with Gasteiger partial charge in [0.25, 0.3) is 5.91 Å². The molecule has 0 aliphatic heterocycles. The normalized spacial score (nSPS) is 15.6. The van der Waals surface area contributed by atoms with Crippen LogP contribution in [0, 0.1) is 0 Å². The van der Waals surface area contributed by atoms with Crippen molar-refractivity contribution in [2.45, 2.75) is 19.3 Å². The number of hydrogen-bond donors (Lipinski definition) is 1. The van der Waals surface area contributed by atoms with Crippen molar-refractivity contribution in [2.75, 3.05) is 0 Å². The van der Waals surface area contributed by atoms with Crippen LogP contribution in [-0.2, 0) is 6.42 Å². The van der Waals surface area contributed by atoms with Crippen LogP contribution in [0.3, 0.4) is 0 Å². The van der Waals surface area contributed by atoms with Gasteiger partial charge in [-0.05, 0) is 48.4 Å². The van der Waals surface area contributed by atoms with E-state index in [1.807, 2.05) is 36.4 Å². The lowest BCUT2D eigenvalue weighted by Gasteiger charge is -2.15. The third-order valence-corrected chi connectivity index (χ3v) is 5.08. The second kappa shape index (κ2) is 5.93. The van der Waals surface area contributed by atoms with Crippen LogP contribution in [-0.4, -0.2) is 16.6 Å². The minimum Gasteiger partial charge on any atom is -0.266 e. The van der Waals surface area contributed by atoms with Crippen molar-refractivity contribution < 1.29 is 4.79 Å². The van der Waals surface area contributed by atoms with E-state index in [0.29, 0.717) is 4.88 Å². The maximum atomic E-state index is 12.3. The fourth-order valence-corrected chi connectivity index (χ4v) is 3.79. The van der Waals surface area contributed by atoms with Gasteiger partial charge in [-0.2, -0.15) is 5.10 Å². The summed E-state index contributed by atoms with van der Waals surface area (Å²) in [5.41, 5.74) is 5.67. The lowest BCUT2D eigenvalue weighted by Crippen LogP contribution is -2.22. The number of benzene rings is 1. The summed E-state index contributed by atoms with van der Waals surface area (Å²) < 4.78 is 1.11. The SMILES string of the molecule is O=C(N/N=C1\CCCc2cccnc21)c1cc2ccccc2s1. The average molecular weight is 321 g/mol. The Bertz CT molecular complexity index is 880. The number of carbonyl (C=O) groups excluding carboxylic acids is 1. The molecule has 23 heavy (non-hydrogen) atoms. The summed E-state index contributed by atoms with van der Waals surface area (Å²) in [6.45, 7) is 0. The van der Waals surface area contributed by atoms with E-state index in [1.54, 1.807) is 6.20 Å². The highest BCUT2D eigenvalue weighted by atomic mass is 32.1. The Balaban J connectivity index is 1.58. The van der Waals surface area contributed by atoms with E-state index in [2.05, 4.69) is 21.6 Å². The highest BCUT2D eigenvalue weighted by Crippen LogP contribution is 2.25. The van der Waals surface area contributed by atoms with E-state index >= 15 is 0 Å². The van der Waals surface area contributed by atoms with Gasteiger partial charge in [-0.25, -0.2) is 5.43 Å². The summed E-state index contributed by atoms with van der Waals surface area (Å²) in [5.74, 6) is -0.165. The zero-order chi connectivity index (χ0) is 15.6. The summed E-state index contributed by atoms with van der Waals surface area (Å²) >= 11 is 1.48. The standard InChI is InChI=1S/C18H15N3OS/c22-18(16-11-13-5-1-2-9-15(13)23-16)21-20-14-8-3-6-12-7-4-10-19-17(12)14/h1-2,4-5,7,9-11H,3,6,8H2,(H,21,22)/b20-14+. The topological polar surface area (TPSA) is 54.4 Å². The van der Waals surface area contributed by atoms with Gasteiger partial charge in [0.1, 0.15) is 0 Å². The molecule has 1 aliphatic carbocycles. The van der Waals surface area contributed by atoms with Crippen molar-refractivity contribution >= 4 is 33.0 Å². The molecule has 0 spiro atoms. The summed E-state index contributed by atoms with van der Waals surface area (Å²) in [7, 11) is 0. The largest absolute Gasteiger partial charge is 0.281 e. The van der Waals surface area contributed by atoms with Gasteiger partial charge in [-0.15, -0.1) is 11.3 Å². The minimum atomic E-state index is -0.165. The van der Waals surface area contributed by atoms with E-state index in [-0.39, 0.29) is 5.91 Å². The third kappa shape index (κ3) is 2.75. The van der Waals surface area contributed by atoms with E-state index in [9.17, 15) is 4.79 Å². The Labute approximate surface area is 137 Å². The van der Waals surface area contributed by atoms with Gasteiger partial charge >= 0.3 is 0 Å². The zero-order valence-electron chi connectivity index (χ0n) is 12.5. The number of fused-ring (bicyclic) bond motifs is 2. The van der Waals surface area contributed by atoms with Crippen molar-refractivity contribution in [3.05, 3.63) is 64.8 Å². The number of hydrogen-bond acceptors (Lipinski definition) is 4. The maximum Gasteiger partial charge on any atom is 0.281 e. The summed E-state index contributed by atoms with van der Waals surface area (Å²) in [4.78, 5) is 17.4. The molecule has 5 heteroatoms. The van der Waals surface area contributed by atoms with E-state index in [0.717, 1.165) is 40.8 Å². The fourth-order valence-electron chi connectivity index (χ4n) is 2.84. The molecule has 0 bridgehead atoms. The molecule has 0 unspecified atom stereocenters. The van der Waals surface area contributed by atoms with E-state index < -0.39 is 0 Å². The average Bonchev–Trinajstić information content (AvgIpc) is 3.04. The van der Waals surface area contributed by atoms with Gasteiger partial charge < -0.3 is 0 Å². The van der Waals surface area contributed by atoms with E-state index in [1.165, 1.54) is 16.9 Å². The van der Waals surface area contributed by atoms with Crippen LogP contribution in [0.1, 0.15) is 33.8 Å². The van der Waals surface area contributed by atoms with Crippen LogP contribution in [0.5, 0.6) is 0 Å². The Kier molecular flexibility index (Phi) is 3.63. The molecule has 0 fully saturated rings. The molecule has 2 heterocycles. The quantitative estimate of drug-likeness (QED) is 0.731. The molecule has 3 aromatic rings. The predicted molar refractivity (Wildman–Crippen MR) is 93.0 cm³/mol. The second-order valence-corrected chi connectivity index (χ2v) is 6.60. The highest BCUT2D eigenvalue weighted by Gasteiger charge is 2.17. The summed E-state index contributed by atoms with van der Waals surface area (Å²) in [5, 5.41) is 5.42. The van der Waals surface area contributed by atoms with Crippen molar-refractivity contribution in [1.29, 1.82) is 0 Å². The summed E-state index contributed by atoms with van der Waals surface area (Å²) in [6.07, 6.45) is 4.67. The first-order valence-corrected chi connectivity index (χ1v) is 8.43. The minimum absolute atomic E-state index is 0.165. The molecule has 1 amide bonds. The van der Waals surface area contributed by atoms with Crippen LogP contribution >= 0.6 is 11.3 Å². The second-order valence-electron chi connectivity index (χ2n) is 5.51. The molecule has 2 aromatic heterocycles. The predicted octanol–water partition coefficient (Wildman–Crippen LogP) is 3.77. The Morgan fingerprint density at radius 1 is 1.17 bits per heavy atom. The van der Waals surface area contributed by atoms with Gasteiger partial charge in [0.15, 0.2) is 0 Å². The summed E-state index contributed by atoms with van der Waals surface area (Å²) in [6, 6.07) is 13.9. The number of aromatic nitrogens is 1. The molecule has 1 aliphatic rings. The number of amides is 1. The Morgan fingerprint density at radius 2 is 2.09 bits per heavy atom. The van der Waals surface area contributed by atoms with Crippen LogP contribution in [0.2, 0.25) is 0 Å².